The van der Waals surface area contributed by atoms with Gasteiger partial charge in [-0.25, -0.2) is 13.4 Å². The van der Waals surface area contributed by atoms with Crippen LogP contribution < -0.4 is 10.1 Å². The molecule has 8 nitrogen and oxygen atoms in total. The molecule has 1 aliphatic heterocycles. The number of sulfonamides is 1. The van der Waals surface area contributed by atoms with E-state index in [2.05, 4.69) is 10.3 Å². The van der Waals surface area contributed by atoms with E-state index in [1.807, 2.05) is 24.3 Å². The van der Waals surface area contributed by atoms with Crippen LogP contribution >= 0.6 is 11.3 Å². The number of anilines is 1. The lowest BCUT2D eigenvalue weighted by Crippen LogP contribution is -2.42. The third-order valence-electron chi connectivity index (χ3n) is 4.64. The number of hydrogen-bond donors (Lipinski definition) is 1. The van der Waals surface area contributed by atoms with Crippen molar-refractivity contribution >= 4 is 43.4 Å². The summed E-state index contributed by atoms with van der Waals surface area (Å²) in [7, 11) is -1.81. The maximum Gasteiger partial charge on any atom is 0.244 e. The fourth-order valence-corrected chi connectivity index (χ4v) is 5.13. The number of carbonyl (C=O) groups excluding carboxylic acids is 1. The van der Waals surface area contributed by atoms with Gasteiger partial charge in [-0.05, 0) is 37.1 Å². The van der Waals surface area contributed by atoms with Crippen molar-refractivity contribution in [1.29, 1.82) is 0 Å². The van der Waals surface area contributed by atoms with Crippen molar-refractivity contribution in [3.63, 3.8) is 0 Å². The van der Waals surface area contributed by atoms with E-state index in [0.29, 0.717) is 41.6 Å². The maximum atomic E-state index is 12.5. The average Bonchev–Trinajstić information content (AvgIpc) is 3.38. The minimum Gasteiger partial charge on any atom is -0.497 e. The zero-order valence-electron chi connectivity index (χ0n) is 15.3. The first kappa shape index (κ1) is 18.9. The molecule has 1 N–H and O–H groups in total. The highest BCUT2D eigenvalue weighted by Gasteiger charge is 2.36. The molecule has 0 bridgehead atoms. The van der Waals surface area contributed by atoms with Gasteiger partial charge in [0.1, 0.15) is 23.1 Å². The Balaban J connectivity index is 1.52. The number of amides is 1. The van der Waals surface area contributed by atoms with Crippen molar-refractivity contribution in [2.24, 2.45) is 0 Å². The second kappa shape index (κ2) is 7.19. The van der Waals surface area contributed by atoms with Gasteiger partial charge in [-0.3, -0.25) is 4.79 Å². The Kier molecular flexibility index (Phi) is 4.86. The smallest absolute Gasteiger partial charge is 0.244 e. The van der Waals surface area contributed by atoms with Crippen molar-refractivity contribution in [3.8, 4) is 17.2 Å². The number of hydrogen-bond acceptors (Lipinski definition) is 7. The summed E-state index contributed by atoms with van der Waals surface area (Å²) in [6.45, 7) is 0.364. The van der Waals surface area contributed by atoms with Gasteiger partial charge < -0.3 is 14.5 Å². The van der Waals surface area contributed by atoms with Crippen LogP contribution in [-0.4, -0.2) is 49.6 Å². The largest absolute Gasteiger partial charge is 0.497 e. The fourth-order valence-electron chi connectivity index (χ4n) is 3.31. The van der Waals surface area contributed by atoms with Crippen molar-refractivity contribution in [1.82, 2.24) is 9.29 Å². The van der Waals surface area contributed by atoms with Gasteiger partial charge in [0.2, 0.25) is 15.9 Å². The standard InChI is InChI=1S/C18H19N3O5S2/c1-25-12-5-6-15-11(8-12)9-16(26-15)13-10-27-18(19-13)20-17(22)14-4-3-7-21(14)28(2,23)24/h5-6,8-10,14H,3-4,7H2,1-2H3,(H,19,20,22). The van der Waals surface area contributed by atoms with Gasteiger partial charge >= 0.3 is 0 Å². The van der Waals surface area contributed by atoms with Gasteiger partial charge in [0.05, 0.1) is 13.4 Å². The van der Waals surface area contributed by atoms with Gasteiger partial charge in [-0.15, -0.1) is 11.3 Å². The third kappa shape index (κ3) is 3.62. The SMILES string of the molecule is COc1ccc2oc(-c3csc(NC(=O)C4CCCN4S(C)(=O)=O)n3)cc2c1. The van der Waals surface area contributed by atoms with Crippen LogP contribution in [0.2, 0.25) is 0 Å². The lowest BCUT2D eigenvalue weighted by atomic mass is 10.2. The predicted octanol–water partition coefficient (Wildman–Crippen LogP) is 2.93. The molecule has 3 heterocycles. The van der Waals surface area contributed by atoms with Gasteiger partial charge in [-0.2, -0.15) is 4.31 Å². The number of methoxy groups -OCH3 is 1. The molecule has 148 valence electrons. The van der Waals surface area contributed by atoms with Crippen LogP contribution in [0.1, 0.15) is 12.8 Å². The molecule has 1 saturated heterocycles. The number of fused-ring (bicyclic) bond motifs is 1. The Labute approximate surface area is 166 Å². The van der Waals surface area contributed by atoms with Gasteiger partial charge in [0, 0.05) is 17.3 Å². The quantitative estimate of drug-likeness (QED) is 0.680. The van der Waals surface area contributed by atoms with E-state index in [1.54, 1.807) is 12.5 Å². The van der Waals surface area contributed by atoms with Gasteiger partial charge in [-0.1, -0.05) is 0 Å². The molecular weight excluding hydrogens is 402 g/mol. The summed E-state index contributed by atoms with van der Waals surface area (Å²) in [5.74, 6) is 0.954. The lowest BCUT2D eigenvalue weighted by Gasteiger charge is -2.20. The van der Waals surface area contributed by atoms with E-state index in [9.17, 15) is 13.2 Å². The molecule has 10 heteroatoms. The van der Waals surface area contributed by atoms with Crippen LogP contribution in [0, 0.1) is 0 Å². The van der Waals surface area contributed by atoms with E-state index >= 15 is 0 Å². The van der Waals surface area contributed by atoms with Gasteiger partial charge in [0.15, 0.2) is 10.9 Å². The Hall–Kier alpha value is -2.43. The molecule has 1 aliphatic rings. The highest BCUT2D eigenvalue weighted by atomic mass is 32.2. The van der Waals surface area contributed by atoms with Crippen LogP contribution in [0.25, 0.3) is 22.4 Å². The van der Waals surface area contributed by atoms with Crippen LogP contribution in [-0.2, 0) is 14.8 Å². The first-order valence-electron chi connectivity index (χ1n) is 8.66. The Morgan fingerprint density at radius 2 is 2.21 bits per heavy atom. The van der Waals surface area contributed by atoms with Crippen LogP contribution in [0.4, 0.5) is 5.13 Å². The number of nitrogens with one attached hydrogen (secondary N) is 1. The summed E-state index contributed by atoms with van der Waals surface area (Å²) < 4.78 is 35.9. The summed E-state index contributed by atoms with van der Waals surface area (Å²) in [6, 6.07) is 6.68. The number of furan rings is 1. The molecule has 1 atom stereocenters. The molecular formula is C18H19N3O5S2. The monoisotopic (exact) mass is 421 g/mol. The van der Waals surface area contributed by atoms with E-state index < -0.39 is 16.1 Å². The topological polar surface area (TPSA) is 102 Å². The molecule has 1 amide bonds. The Morgan fingerprint density at radius 3 is 2.96 bits per heavy atom. The molecule has 3 aromatic rings. The Morgan fingerprint density at radius 1 is 1.39 bits per heavy atom. The molecule has 1 unspecified atom stereocenters. The number of aromatic nitrogens is 1. The second-order valence-electron chi connectivity index (χ2n) is 6.57. The molecule has 0 aliphatic carbocycles. The maximum absolute atomic E-state index is 12.5. The molecule has 1 fully saturated rings. The van der Waals surface area contributed by atoms with Crippen LogP contribution in [0.5, 0.6) is 5.75 Å². The highest BCUT2D eigenvalue weighted by molar-refractivity contribution is 7.88. The Bertz CT molecular complexity index is 1140. The molecule has 0 spiro atoms. The normalized spacial score (nSPS) is 17.9. The average molecular weight is 422 g/mol. The second-order valence-corrected chi connectivity index (χ2v) is 9.37. The number of nitrogens with zero attached hydrogens (tertiary/aromatic N) is 2. The minimum atomic E-state index is -3.42. The lowest BCUT2D eigenvalue weighted by molar-refractivity contribution is -0.119. The summed E-state index contributed by atoms with van der Waals surface area (Å²) in [6.07, 6.45) is 2.29. The summed E-state index contributed by atoms with van der Waals surface area (Å²) in [5.41, 5.74) is 1.31. The molecule has 28 heavy (non-hydrogen) atoms. The minimum absolute atomic E-state index is 0.363. The zero-order valence-corrected chi connectivity index (χ0v) is 17.0. The van der Waals surface area contributed by atoms with Crippen LogP contribution in [0.3, 0.4) is 0 Å². The number of thiazole rings is 1. The molecule has 1 aromatic carbocycles. The third-order valence-corrected chi connectivity index (χ3v) is 6.69. The van der Waals surface area contributed by atoms with E-state index in [4.69, 9.17) is 9.15 Å². The number of carbonyl (C=O) groups is 1. The number of ether oxygens (including phenoxy) is 1. The fraction of sp³-hybridized carbons (Fsp3) is 0.333. The molecule has 4 rings (SSSR count). The number of benzene rings is 1. The first-order valence-corrected chi connectivity index (χ1v) is 11.4. The summed E-state index contributed by atoms with van der Waals surface area (Å²) in [4.78, 5) is 17.0. The predicted molar refractivity (Wildman–Crippen MR) is 107 cm³/mol. The van der Waals surface area contributed by atoms with E-state index in [-0.39, 0.29) is 5.91 Å². The molecule has 0 radical (unpaired) electrons. The van der Waals surface area contributed by atoms with Crippen molar-refractivity contribution in [2.75, 3.05) is 25.2 Å². The molecule has 0 saturated carbocycles. The summed E-state index contributed by atoms with van der Waals surface area (Å²) in [5, 5.41) is 5.81. The summed E-state index contributed by atoms with van der Waals surface area (Å²) >= 11 is 1.26. The van der Waals surface area contributed by atoms with E-state index in [0.717, 1.165) is 17.4 Å². The first-order chi connectivity index (χ1) is 13.3. The van der Waals surface area contributed by atoms with Crippen molar-refractivity contribution in [2.45, 2.75) is 18.9 Å². The highest BCUT2D eigenvalue weighted by Crippen LogP contribution is 2.32. The van der Waals surface area contributed by atoms with E-state index in [1.165, 1.54) is 15.6 Å². The zero-order chi connectivity index (χ0) is 19.9. The van der Waals surface area contributed by atoms with Crippen LogP contribution in [0.15, 0.2) is 34.1 Å². The molecule has 2 aromatic heterocycles. The van der Waals surface area contributed by atoms with Crippen molar-refractivity contribution < 1.29 is 22.4 Å². The number of rotatable bonds is 5. The van der Waals surface area contributed by atoms with Gasteiger partial charge in [0.25, 0.3) is 0 Å². The van der Waals surface area contributed by atoms with Crippen molar-refractivity contribution in [3.05, 3.63) is 29.6 Å².